The largest absolute Gasteiger partial charge is 0.380 e. The van der Waals surface area contributed by atoms with Crippen LogP contribution in [0.1, 0.15) is 11.1 Å². The number of benzene rings is 2. The number of pyridine rings is 1. The van der Waals surface area contributed by atoms with Crippen LogP contribution in [0, 0.1) is 12.7 Å². The fourth-order valence-electron chi connectivity index (χ4n) is 2.31. The summed E-state index contributed by atoms with van der Waals surface area (Å²) in [6, 6.07) is 14.8. The number of fused-ring (bicyclic) bond motifs is 1. The first kappa shape index (κ1) is 12.6. The van der Waals surface area contributed by atoms with E-state index in [1.807, 2.05) is 43.3 Å². The molecule has 1 N–H and O–H groups in total. The first-order chi connectivity index (χ1) is 9.74. The van der Waals surface area contributed by atoms with Gasteiger partial charge in [-0.15, -0.1) is 0 Å². The minimum atomic E-state index is -0.194. The van der Waals surface area contributed by atoms with Gasteiger partial charge in [0.15, 0.2) is 0 Å². The average Bonchev–Trinajstić information content (AvgIpc) is 2.46. The predicted octanol–water partition coefficient (Wildman–Crippen LogP) is 4.29. The van der Waals surface area contributed by atoms with Gasteiger partial charge in [0.1, 0.15) is 5.82 Å². The zero-order chi connectivity index (χ0) is 13.9. The maximum atomic E-state index is 13.1. The van der Waals surface area contributed by atoms with Crippen molar-refractivity contribution in [3.05, 3.63) is 71.7 Å². The van der Waals surface area contributed by atoms with Crippen molar-refractivity contribution in [1.82, 2.24) is 4.98 Å². The van der Waals surface area contributed by atoms with E-state index in [0.29, 0.717) is 6.54 Å². The molecule has 20 heavy (non-hydrogen) atoms. The van der Waals surface area contributed by atoms with Crippen LogP contribution in [-0.4, -0.2) is 4.98 Å². The van der Waals surface area contributed by atoms with Crippen LogP contribution >= 0.6 is 0 Å². The Morgan fingerprint density at radius 2 is 2.00 bits per heavy atom. The second kappa shape index (κ2) is 5.29. The maximum absolute atomic E-state index is 13.1. The van der Waals surface area contributed by atoms with Gasteiger partial charge < -0.3 is 5.32 Å². The molecule has 0 saturated carbocycles. The van der Waals surface area contributed by atoms with Gasteiger partial charge in [-0.2, -0.15) is 0 Å². The molecule has 0 aliphatic heterocycles. The molecule has 0 aliphatic rings. The number of hydrogen-bond donors (Lipinski definition) is 1. The number of aryl methyl sites for hydroxylation is 1. The zero-order valence-electron chi connectivity index (χ0n) is 11.2. The number of nitrogens with one attached hydrogen (secondary N) is 1. The van der Waals surface area contributed by atoms with E-state index in [-0.39, 0.29) is 5.82 Å². The highest BCUT2D eigenvalue weighted by molar-refractivity contribution is 5.91. The number of nitrogens with zero attached hydrogens (tertiary/aromatic N) is 1. The topological polar surface area (TPSA) is 24.9 Å². The van der Waals surface area contributed by atoms with E-state index < -0.39 is 0 Å². The van der Waals surface area contributed by atoms with Gasteiger partial charge in [-0.05, 0) is 54.4 Å². The highest BCUT2D eigenvalue weighted by Crippen LogP contribution is 2.22. The molecule has 3 heteroatoms. The van der Waals surface area contributed by atoms with Crippen LogP contribution in [0.25, 0.3) is 10.9 Å². The number of anilines is 1. The predicted molar refractivity (Wildman–Crippen MR) is 80.2 cm³/mol. The van der Waals surface area contributed by atoms with Gasteiger partial charge in [-0.3, -0.25) is 4.98 Å². The molecule has 1 heterocycles. The maximum Gasteiger partial charge on any atom is 0.123 e. The molecule has 2 nitrogen and oxygen atoms in total. The highest BCUT2D eigenvalue weighted by atomic mass is 19.1. The fraction of sp³-hybridized carbons (Fsp3) is 0.118. The first-order valence-electron chi connectivity index (χ1n) is 6.57. The van der Waals surface area contributed by atoms with Crippen LogP contribution in [0.15, 0.2) is 54.7 Å². The number of hydrogen-bond acceptors (Lipinski definition) is 2. The van der Waals surface area contributed by atoms with Gasteiger partial charge in [0.25, 0.3) is 0 Å². The lowest BCUT2D eigenvalue weighted by molar-refractivity contribution is 0.625. The monoisotopic (exact) mass is 266 g/mol. The molecular weight excluding hydrogens is 251 g/mol. The molecule has 0 radical (unpaired) electrons. The third kappa shape index (κ3) is 2.48. The summed E-state index contributed by atoms with van der Waals surface area (Å²) in [5.41, 5.74) is 4.05. The van der Waals surface area contributed by atoms with E-state index in [0.717, 1.165) is 27.7 Å². The molecule has 1 aromatic heterocycles. The van der Waals surface area contributed by atoms with Gasteiger partial charge in [0.05, 0.1) is 5.52 Å². The SMILES string of the molecule is Cc1cc(F)ccc1CNc1cccc2ncccc12. The molecule has 0 saturated heterocycles. The summed E-state index contributed by atoms with van der Waals surface area (Å²) in [5.74, 6) is -0.194. The number of halogens is 1. The Kier molecular flexibility index (Phi) is 3.33. The zero-order valence-corrected chi connectivity index (χ0v) is 11.2. The van der Waals surface area contributed by atoms with Gasteiger partial charge >= 0.3 is 0 Å². The highest BCUT2D eigenvalue weighted by Gasteiger charge is 2.03. The molecule has 0 unspecified atom stereocenters. The molecule has 3 aromatic rings. The summed E-state index contributed by atoms with van der Waals surface area (Å²) in [4.78, 5) is 4.34. The molecule has 0 amide bonds. The van der Waals surface area contributed by atoms with Crippen molar-refractivity contribution in [2.75, 3.05) is 5.32 Å². The lowest BCUT2D eigenvalue weighted by atomic mass is 10.1. The van der Waals surface area contributed by atoms with Crippen molar-refractivity contribution >= 4 is 16.6 Å². The molecule has 0 atom stereocenters. The minimum absolute atomic E-state index is 0.194. The smallest absolute Gasteiger partial charge is 0.123 e. The summed E-state index contributed by atoms with van der Waals surface area (Å²) in [6.07, 6.45) is 1.79. The van der Waals surface area contributed by atoms with Crippen LogP contribution in [0.2, 0.25) is 0 Å². The quantitative estimate of drug-likeness (QED) is 0.764. The molecule has 0 spiro atoms. The molecule has 0 aliphatic carbocycles. The Morgan fingerprint density at radius 3 is 2.85 bits per heavy atom. The Hall–Kier alpha value is -2.42. The van der Waals surface area contributed by atoms with E-state index in [9.17, 15) is 4.39 Å². The van der Waals surface area contributed by atoms with Crippen molar-refractivity contribution < 1.29 is 4.39 Å². The van der Waals surface area contributed by atoms with E-state index in [2.05, 4.69) is 10.3 Å². The molecular formula is C17H15FN2. The first-order valence-corrected chi connectivity index (χ1v) is 6.57. The van der Waals surface area contributed by atoms with Crippen LogP contribution in [0.4, 0.5) is 10.1 Å². The Labute approximate surface area is 117 Å². The average molecular weight is 266 g/mol. The summed E-state index contributed by atoms with van der Waals surface area (Å²) < 4.78 is 13.1. The second-order valence-electron chi connectivity index (χ2n) is 4.80. The van der Waals surface area contributed by atoms with Gasteiger partial charge in [-0.25, -0.2) is 4.39 Å². The Bertz CT molecular complexity index is 748. The summed E-state index contributed by atoms with van der Waals surface area (Å²) in [7, 11) is 0. The van der Waals surface area contributed by atoms with E-state index in [4.69, 9.17) is 0 Å². The Morgan fingerprint density at radius 1 is 1.10 bits per heavy atom. The lowest BCUT2D eigenvalue weighted by Crippen LogP contribution is -2.02. The Balaban J connectivity index is 1.87. The van der Waals surface area contributed by atoms with Gasteiger partial charge in [-0.1, -0.05) is 12.1 Å². The normalized spacial score (nSPS) is 10.7. The lowest BCUT2D eigenvalue weighted by Gasteiger charge is -2.11. The third-order valence-electron chi connectivity index (χ3n) is 3.42. The third-order valence-corrected chi connectivity index (χ3v) is 3.42. The van der Waals surface area contributed by atoms with E-state index in [1.165, 1.54) is 6.07 Å². The van der Waals surface area contributed by atoms with Gasteiger partial charge in [0.2, 0.25) is 0 Å². The standard InChI is InChI=1S/C17H15FN2/c1-12-10-14(18)8-7-13(12)11-20-17-6-2-5-16-15(17)4-3-9-19-16/h2-10,20H,11H2,1H3. The molecule has 2 aromatic carbocycles. The summed E-state index contributed by atoms with van der Waals surface area (Å²) in [5, 5.41) is 4.49. The summed E-state index contributed by atoms with van der Waals surface area (Å²) in [6.45, 7) is 2.59. The molecule has 3 rings (SSSR count). The van der Waals surface area contributed by atoms with E-state index in [1.54, 1.807) is 12.3 Å². The van der Waals surface area contributed by atoms with Crippen LogP contribution in [0.5, 0.6) is 0 Å². The summed E-state index contributed by atoms with van der Waals surface area (Å²) >= 11 is 0. The molecule has 0 fully saturated rings. The van der Waals surface area contributed by atoms with Gasteiger partial charge in [0, 0.05) is 23.8 Å². The van der Waals surface area contributed by atoms with Crippen LogP contribution in [0.3, 0.4) is 0 Å². The number of aromatic nitrogens is 1. The molecule has 0 bridgehead atoms. The van der Waals surface area contributed by atoms with Crippen LogP contribution < -0.4 is 5.32 Å². The van der Waals surface area contributed by atoms with Crippen molar-refractivity contribution in [3.63, 3.8) is 0 Å². The fourth-order valence-corrected chi connectivity index (χ4v) is 2.31. The van der Waals surface area contributed by atoms with Crippen molar-refractivity contribution in [1.29, 1.82) is 0 Å². The van der Waals surface area contributed by atoms with E-state index >= 15 is 0 Å². The minimum Gasteiger partial charge on any atom is -0.380 e. The second-order valence-corrected chi connectivity index (χ2v) is 4.80. The van der Waals surface area contributed by atoms with Crippen molar-refractivity contribution in [2.24, 2.45) is 0 Å². The van der Waals surface area contributed by atoms with Crippen LogP contribution in [-0.2, 0) is 6.54 Å². The van der Waals surface area contributed by atoms with Crippen molar-refractivity contribution in [2.45, 2.75) is 13.5 Å². The number of rotatable bonds is 3. The van der Waals surface area contributed by atoms with Crippen molar-refractivity contribution in [3.8, 4) is 0 Å². The molecule has 100 valence electrons.